The molecule has 4 heterocycles. The average molecular weight is 486 g/mol. The van der Waals surface area contributed by atoms with Crippen molar-refractivity contribution in [1.29, 1.82) is 0 Å². The number of carbonyl (C=O) groups is 1. The van der Waals surface area contributed by atoms with E-state index in [1.807, 2.05) is 0 Å². The van der Waals surface area contributed by atoms with Crippen molar-refractivity contribution >= 4 is 44.1 Å². The van der Waals surface area contributed by atoms with Crippen LogP contribution in [0.5, 0.6) is 0 Å². The third-order valence-corrected chi connectivity index (χ3v) is 8.11. The number of carbonyl (C=O) groups excluding carboxylic acids is 1. The fraction of sp³-hybridized carbons (Fsp3) is 0.333. The van der Waals surface area contributed by atoms with Crippen molar-refractivity contribution < 1.29 is 13.2 Å². The Hall–Kier alpha value is -3.27. The molecular formula is C21H23N7O3S2. The highest BCUT2D eigenvalue weighted by Gasteiger charge is 2.27. The van der Waals surface area contributed by atoms with E-state index in [4.69, 9.17) is 5.73 Å². The molecule has 12 heteroatoms. The molecular weight excluding hydrogens is 462 g/mol. The molecule has 0 aromatic carbocycles. The van der Waals surface area contributed by atoms with Crippen LogP contribution in [0, 0.1) is 11.8 Å². The Bertz CT molecular complexity index is 1340. The van der Waals surface area contributed by atoms with Gasteiger partial charge in [0.15, 0.2) is 5.65 Å². The summed E-state index contributed by atoms with van der Waals surface area (Å²) in [5, 5.41) is 6.90. The van der Waals surface area contributed by atoms with Crippen LogP contribution in [-0.4, -0.2) is 58.6 Å². The van der Waals surface area contributed by atoms with E-state index in [2.05, 4.69) is 38.2 Å². The molecule has 10 nitrogen and oxygen atoms in total. The normalized spacial score (nSPS) is 16.4. The molecule has 1 amide bonds. The summed E-state index contributed by atoms with van der Waals surface area (Å²) in [7, 11) is -3.53. The molecule has 1 saturated heterocycles. The number of likely N-dealkylation sites (tertiary alicyclic amines) is 1. The summed E-state index contributed by atoms with van der Waals surface area (Å²) in [4.78, 5) is 22.2. The molecule has 0 spiro atoms. The zero-order chi connectivity index (χ0) is 23.4. The largest absolute Gasteiger partial charge is 0.383 e. The van der Waals surface area contributed by atoms with Crippen molar-refractivity contribution in [2.24, 2.45) is 0 Å². The van der Waals surface area contributed by atoms with Crippen LogP contribution >= 0.6 is 11.3 Å². The number of hydrogen-bond donors (Lipinski definition) is 2. The summed E-state index contributed by atoms with van der Waals surface area (Å²) in [5.41, 5.74) is 7.08. The molecule has 1 aliphatic rings. The van der Waals surface area contributed by atoms with E-state index in [0.29, 0.717) is 29.8 Å². The second kappa shape index (κ2) is 9.70. The molecule has 0 bridgehead atoms. The Morgan fingerprint density at radius 1 is 1.42 bits per heavy atom. The van der Waals surface area contributed by atoms with Crippen molar-refractivity contribution in [3.05, 3.63) is 42.2 Å². The van der Waals surface area contributed by atoms with Gasteiger partial charge in [0.05, 0.1) is 11.4 Å². The first-order chi connectivity index (χ1) is 15.9. The van der Waals surface area contributed by atoms with Crippen LogP contribution < -0.4 is 10.5 Å². The lowest BCUT2D eigenvalue weighted by atomic mass is 10.1. The summed E-state index contributed by atoms with van der Waals surface area (Å²) in [6.07, 6.45) is 4.64. The highest BCUT2D eigenvalue weighted by molar-refractivity contribution is 7.91. The Labute approximate surface area is 195 Å². The number of hydrogen-bond acceptors (Lipinski definition) is 8. The van der Waals surface area contributed by atoms with Gasteiger partial charge in [-0.1, -0.05) is 18.6 Å². The third-order valence-electron chi connectivity index (χ3n) is 5.26. The number of nitrogen functional groups attached to an aromatic ring is 1. The topological polar surface area (TPSA) is 136 Å². The van der Waals surface area contributed by atoms with Gasteiger partial charge in [-0.15, -0.1) is 11.3 Å². The van der Waals surface area contributed by atoms with Crippen LogP contribution in [0.3, 0.4) is 0 Å². The molecule has 1 fully saturated rings. The molecule has 1 atom stereocenters. The van der Waals surface area contributed by atoms with Crippen LogP contribution in [0.4, 0.5) is 5.82 Å². The van der Waals surface area contributed by atoms with E-state index in [1.165, 1.54) is 12.4 Å². The number of sulfonamides is 1. The lowest BCUT2D eigenvalue weighted by Crippen LogP contribution is -2.40. The zero-order valence-corrected chi connectivity index (χ0v) is 19.4. The van der Waals surface area contributed by atoms with Crippen molar-refractivity contribution in [1.82, 2.24) is 29.4 Å². The Morgan fingerprint density at radius 2 is 2.27 bits per heavy atom. The maximum absolute atomic E-state index is 12.2. The molecule has 33 heavy (non-hydrogen) atoms. The highest BCUT2D eigenvalue weighted by atomic mass is 32.2. The molecule has 0 radical (unpaired) electrons. The number of fused-ring (bicyclic) bond motifs is 1. The molecule has 3 N–H and O–H groups in total. The Balaban J connectivity index is 1.53. The minimum atomic E-state index is -3.53. The van der Waals surface area contributed by atoms with Crippen molar-refractivity contribution in [3.8, 4) is 11.8 Å². The van der Waals surface area contributed by atoms with Gasteiger partial charge in [0.2, 0.25) is 15.9 Å². The van der Waals surface area contributed by atoms with Crippen LogP contribution in [-0.2, 0) is 14.8 Å². The lowest BCUT2D eigenvalue weighted by molar-refractivity contribution is -0.127. The fourth-order valence-corrected chi connectivity index (χ4v) is 5.77. The first-order valence-electron chi connectivity index (χ1n) is 10.3. The van der Waals surface area contributed by atoms with Crippen LogP contribution in [0.1, 0.15) is 31.0 Å². The Morgan fingerprint density at radius 3 is 3.03 bits per heavy atom. The summed E-state index contributed by atoms with van der Waals surface area (Å²) in [5.74, 6) is 6.09. The molecule has 172 valence electrons. The number of nitrogens with zero attached hydrogens (tertiary/aromatic N) is 5. The van der Waals surface area contributed by atoms with Crippen LogP contribution in [0.25, 0.3) is 11.0 Å². The first-order valence-corrected chi connectivity index (χ1v) is 12.7. The lowest BCUT2D eigenvalue weighted by Gasteiger charge is -2.32. The van der Waals surface area contributed by atoms with E-state index in [1.54, 1.807) is 27.1 Å². The van der Waals surface area contributed by atoms with E-state index in [0.717, 1.165) is 24.2 Å². The maximum Gasteiger partial charge on any atom is 0.250 e. The quantitative estimate of drug-likeness (QED) is 0.307. The first kappa shape index (κ1) is 22.9. The minimum Gasteiger partial charge on any atom is -0.383 e. The predicted octanol–water partition coefficient (Wildman–Crippen LogP) is 1.54. The van der Waals surface area contributed by atoms with Crippen molar-refractivity contribution in [2.45, 2.75) is 29.5 Å². The zero-order valence-electron chi connectivity index (χ0n) is 17.8. The third kappa shape index (κ3) is 4.90. The van der Waals surface area contributed by atoms with Crippen LogP contribution in [0.15, 0.2) is 40.7 Å². The number of rotatable bonds is 6. The van der Waals surface area contributed by atoms with E-state index in [-0.39, 0.29) is 34.9 Å². The van der Waals surface area contributed by atoms with Gasteiger partial charge in [-0.2, -0.15) is 5.10 Å². The van der Waals surface area contributed by atoms with Crippen molar-refractivity contribution in [2.75, 3.05) is 25.4 Å². The molecule has 4 rings (SSSR count). The highest BCUT2D eigenvalue weighted by Crippen LogP contribution is 2.28. The van der Waals surface area contributed by atoms with Gasteiger partial charge in [-0.05, 0) is 36.3 Å². The van der Waals surface area contributed by atoms with Gasteiger partial charge in [0, 0.05) is 26.1 Å². The number of anilines is 1. The average Bonchev–Trinajstić information content (AvgIpc) is 3.48. The molecule has 0 aliphatic carbocycles. The molecule has 0 saturated carbocycles. The summed E-state index contributed by atoms with van der Waals surface area (Å²) in [6, 6.07) is 3.16. The maximum atomic E-state index is 12.2. The van der Waals surface area contributed by atoms with Gasteiger partial charge < -0.3 is 10.6 Å². The second-order valence-corrected chi connectivity index (χ2v) is 10.4. The number of thiophene rings is 1. The number of piperidine rings is 1. The van der Waals surface area contributed by atoms with Gasteiger partial charge in [-0.25, -0.2) is 27.8 Å². The monoisotopic (exact) mass is 485 g/mol. The summed E-state index contributed by atoms with van der Waals surface area (Å²) >= 11 is 1.16. The summed E-state index contributed by atoms with van der Waals surface area (Å²) < 4.78 is 28.9. The molecule has 0 unspecified atom stereocenters. The van der Waals surface area contributed by atoms with Crippen molar-refractivity contribution in [3.63, 3.8) is 0 Å². The van der Waals surface area contributed by atoms with E-state index < -0.39 is 10.0 Å². The second-order valence-electron chi connectivity index (χ2n) is 7.42. The number of nitrogens with two attached hydrogens (primary N) is 1. The minimum absolute atomic E-state index is 0.0763. The molecule has 3 aromatic rings. The SMILES string of the molecule is C=CC(=O)N1CCC[C@@H](n2nc(C#CCCNS(=O)(=O)c3cccs3)c3c(N)ncnc32)C1. The van der Waals surface area contributed by atoms with Gasteiger partial charge in [0.1, 0.15) is 22.0 Å². The standard InChI is InChI=1S/C21H23N7O3S2/c1-2-17(29)27-11-5-7-15(13-27)28-21-19(20(22)23-14-24-21)16(26-28)8-3-4-10-25-33(30,31)18-9-6-12-32-18/h2,6,9,12,14-15,25H,1,4-5,7,10-11,13H2,(H2,22,23,24)/t15-/m1/s1. The predicted molar refractivity (Wildman–Crippen MR) is 126 cm³/mol. The fourth-order valence-electron chi connectivity index (χ4n) is 3.70. The van der Waals surface area contributed by atoms with E-state index in [9.17, 15) is 13.2 Å². The Kier molecular flexibility index (Phi) is 6.73. The van der Waals surface area contributed by atoms with Gasteiger partial charge in [0.25, 0.3) is 0 Å². The summed E-state index contributed by atoms with van der Waals surface area (Å²) in [6.45, 7) is 4.89. The molecule has 1 aliphatic heterocycles. The number of nitrogens with one attached hydrogen (secondary N) is 1. The van der Waals surface area contributed by atoms with Crippen LogP contribution in [0.2, 0.25) is 0 Å². The van der Waals surface area contributed by atoms with Gasteiger partial charge in [-0.3, -0.25) is 4.79 Å². The number of amides is 1. The molecule has 3 aromatic heterocycles. The van der Waals surface area contributed by atoms with E-state index >= 15 is 0 Å². The van der Waals surface area contributed by atoms with Gasteiger partial charge >= 0.3 is 0 Å². The number of aromatic nitrogens is 4. The smallest absolute Gasteiger partial charge is 0.250 e.